The summed E-state index contributed by atoms with van der Waals surface area (Å²) in [5, 5.41) is 11.3. The van der Waals surface area contributed by atoms with Crippen molar-refractivity contribution in [1.29, 1.82) is 0 Å². The number of hydrogen-bond acceptors (Lipinski definition) is 5. The van der Waals surface area contributed by atoms with Crippen LogP contribution in [0.15, 0.2) is 61.3 Å². The largest absolute Gasteiger partial charge is 0.370 e. The minimum absolute atomic E-state index is 0.679. The summed E-state index contributed by atoms with van der Waals surface area (Å²) in [6.45, 7) is 2.52. The quantitative estimate of drug-likeness (QED) is 0.367. The summed E-state index contributed by atoms with van der Waals surface area (Å²) < 4.78 is 4.02. The van der Waals surface area contributed by atoms with E-state index in [1.54, 1.807) is 6.20 Å². The van der Waals surface area contributed by atoms with Crippen molar-refractivity contribution in [2.24, 2.45) is 0 Å². The van der Waals surface area contributed by atoms with Gasteiger partial charge in [-0.3, -0.25) is 4.98 Å². The van der Waals surface area contributed by atoms with Crippen LogP contribution in [0, 0.1) is 0 Å². The van der Waals surface area contributed by atoms with Crippen LogP contribution >= 0.6 is 0 Å². The molecular formula is C19H22BN7. The fourth-order valence-corrected chi connectivity index (χ4v) is 2.98. The Balaban J connectivity index is 1.46. The molecule has 0 fully saturated rings. The average Bonchev–Trinajstić information content (AvgIpc) is 3.35. The Bertz CT molecular complexity index is 996. The number of pyridine rings is 1. The molecule has 4 heterocycles. The van der Waals surface area contributed by atoms with Crippen molar-refractivity contribution >= 4 is 30.6 Å². The van der Waals surface area contributed by atoms with Crippen LogP contribution in [0.3, 0.4) is 0 Å². The first kappa shape index (κ1) is 17.1. The lowest BCUT2D eigenvalue weighted by Crippen LogP contribution is -2.12. The maximum Gasteiger partial charge on any atom is 0.153 e. The van der Waals surface area contributed by atoms with Gasteiger partial charge in [0.1, 0.15) is 19.5 Å². The fraction of sp³-hybridized carbons (Fsp3) is 0.211. The van der Waals surface area contributed by atoms with Gasteiger partial charge in [0.25, 0.3) is 0 Å². The number of nitrogens with zero attached hydrogens (tertiary/aromatic N) is 5. The number of fused-ring (bicyclic) bond motifs is 1. The molecule has 0 spiro atoms. The van der Waals surface area contributed by atoms with E-state index in [-0.39, 0.29) is 0 Å². The molecule has 0 aliphatic carbocycles. The highest BCUT2D eigenvalue weighted by Gasteiger charge is 2.09. The van der Waals surface area contributed by atoms with Crippen LogP contribution in [0.2, 0.25) is 0 Å². The van der Waals surface area contributed by atoms with E-state index in [1.165, 1.54) is 0 Å². The lowest BCUT2D eigenvalue weighted by atomic mass is 10.0. The van der Waals surface area contributed by atoms with Gasteiger partial charge in [0.05, 0.1) is 0 Å². The number of rotatable bonds is 8. The van der Waals surface area contributed by atoms with Crippen LogP contribution in [-0.2, 0) is 13.1 Å². The van der Waals surface area contributed by atoms with E-state index in [0.717, 1.165) is 47.8 Å². The molecule has 0 saturated heterocycles. The second-order valence-electron chi connectivity index (χ2n) is 6.51. The van der Waals surface area contributed by atoms with Gasteiger partial charge in [0.15, 0.2) is 5.65 Å². The Morgan fingerprint density at radius 1 is 1.07 bits per heavy atom. The van der Waals surface area contributed by atoms with Gasteiger partial charge in [0, 0.05) is 56.7 Å². The molecule has 4 aromatic rings. The summed E-state index contributed by atoms with van der Waals surface area (Å²) in [6, 6.07) is 10.1. The van der Waals surface area contributed by atoms with Crippen molar-refractivity contribution in [3.05, 3.63) is 66.9 Å². The average molecular weight is 359 g/mol. The van der Waals surface area contributed by atoms with Gasteiger partial charge < -0.3 is 15.2 Å². The van der Waals surface area contributed by atoms with Gasteiger partial charge in [-0.15, -0.1) is 0 Å². The Labute approximate surface area is 158 Å². The minimum Gasteiger partial charge on any atom is -0.370 e. The second-order valence-corrected chi connectivity index (χ2v) is 6.51. The number of anilines is 2. The van der Waals surface area contributed by atoms with Gasteiger partial charge in [0.2, 0.25) is 0 Å². The molecule has 0 radical (unpaired) electrons. The van der Waals surface area contributed by atoms with Crippen molar-refractivity contribution in [3.63, 3.8) is 0 Å². The van der Waals surface area contributed by atoms with E-state index in [4.69, 9.17) is 4.98 Å². The van der Waals surface area contributed by atoms with Gasteiger partial charge in [-0.05, 0) is 35.6 Å². The molecular weight excluding hydrogens is 337 g/mol. The monoisotopic (exact) mass is 359 g/mol. The first-order valence-corrected chi connectivity index (χ1v) is 9.12. The predicted octanol–water partition coefficient (Wildman–Crippen LogP) is 1.30. The van der Waals surface area contributed by atoms with Gasteiger partial charge >= 0.3 is 0 Å². The summed E-state index contributed by atoms with van der Waals surface area (Å²) in [5.41, 5.74) is 3.03. The minimum atomic E-state index is 0.679. The third-order valence-electron chi connectivity index (χ3n) is 4.41. The molecule has 4 rings (SSSR count). The van der Waals surface area contributed by atoms with Gasteiger partial charge in [-0.2, -0.15) is 9.61 Å². The Kier molecular flexibility index (Phi) is 5.05. The summed E-state index contributed by atoms with van der Waals surface area (Å²) in [5.74, 6) is 1.76. The van der Waals surface area contributed by atoms with Crippen LogP contribution in [0.25, 0.3) is 5.65 Å². The molecule has 0 atom stereocenters. The molecule has 2 N–H and O–H groups in total. The number of aromatic nitrogens is 5. The summed E-state index contributed by atoms with van der Waals surface area (Å²) in [4.78, 5) is 8.88. The molecule has 0 aliphatic rings. The molecule has 4 aromatic heterocycles. The maximum absolute atomic E-state index is 4.72. The van der Waals surface area contributed by atoms with Crippen molar-refractivity contribution in [2.45, 2.75) is 19.5 Å². The van der Waals surface area contributed by atoms with E-state index in [9.17, 15) is 0 Å². The SMILES string of the molecule is Bc1cnn2c(NCc3cccnc3)cc(NCCCn3cccc3)nc12. The third kappa shape index (κ3) is 4.11. The second kappa shape index (κ2) is 7.95. The fourth-order valence-electron chi connectivity index (χ4n) is 2.98. The zero-order valence-electron chi connectivity index (χ0n) is 15.3. The van der Waals surface area contributed by atoms with Gasteiger partial charge in [-0.25, -0.2) is 4.98 Å². The van der Waals surface area contributed by atoms with Crippen molar-refractivity contribution in [2.75, 3.05) is 17.2 Å². The number of aryl methyl sites for hydroxylation is 1. The van der Waals surface area contributed by atoms with Crippen LogP contribution in [0.5, 0.6) is 0 Å². The van der Waals surface area contributed by atoms with Crippen molar-refractivity contribution in [3.8, 4) is 0 Å². The molecule has 0 aliphatic heterocycles. The van der Waals surface area contributed by atoms with Crippen molar-refractivity contribution in [1.82, 2.24) is 24.1 Å². The molecule has 0 aromatic carbocycles. The number of nitrogens with one attached hydrogen (secondary N) is 2. The van der Waals surface area contributed by atoms with Crippen LogP contribution < -0.4 is 16.1 Å². The van der Waals surface area contributed by atoms with E-state index >= 15 is 0 Å². The molecule has 0 amide bonds. The highest BCUT2D eigenvalue weighted by atomic mass is 15.3. The van der Waals surface area contributed by atoms with E-state index < -0.39 is 0 Å². The Hall–Kier alpha value is -3.29. The van der Waals surface area contributed by atoms with Crippen molar-refractivity contribution < 1.29 is 0 Å². The number of hydrogen-bond donors (Lipinski definition) is 2. The van der Waals surface area contributed by atoms with Crippen LogP contribution in [0.4, 0.5) is 11.6 Å². The molecule has 27 heavy (non-hydrogen) atoms. The van der Waals surface area contributed by atoms with E-state index in [2.05, 4.69) is 37.7 Å². The molecule has 8 heteroatoms. The molecule has 7 nitrogen and oxygen atoms in total. The van der Waals surface area contributed by atoms with Crippen LogP contribution in [-0.4, -0.2) is 38.5 Å². The molecule has 136 valence electrons. The van der Waals surface area contributed by atoms with Gasteiger partial charge in [-0.1, -0.05) is 6.07 Å². The predicted molar refractivity (Wildman–Crippen MR) is 110 cm³/mol. The normalized spacial score (nSPS) is 11.0. The summed E-state index contributed by atoms with van der Waals surface area (Å²) in [6.07, 6.45) is 10.7. The maximum atomic E-state index is 4.72. The lowest BCUT2D eigenvalue weighted by molar-refractivity contribution is 0.664. The third-order valence-corrected chi connectivity index (χ3v) is 4.41. The molecule has 0 saturated carbocycles. The topological polar surface area (TPSA) is 72.1 Å². The molecule has 0 unspecified atom stereocenters. The van der Waals surface area contributed by atoms with Crippen LogP contribution in [0.1, 0.15) is 12.0 Å². The zero-order chi connectivity index (χ0) is 18.5. The zero-order valence-corrected chi connectivity index (χ0v) is 15.3. The molecule has 0 bridgehead atoms. The highest BCUT2D eigenvalue weighted by molar-refractivity contribution is 6.36. The standard InChI is InChI=1S/C19H22BN7/c20-16-14-24-27-18(23-13-15-5-3-6-21-12-15)11-17(25-19(16)27)22-7-4-10-26-8-1-2-9-26/h1-3,5-6,8-9,11-12,14,23H,4,7,10,13,20H2,(H,22,25). The Morgan fingerprint density at radius 3 is 2.78 bits per heavy atom. The smallest absolute Gasteiger partial charge is 0.153 e. The highest BCUT2D eigenvalue weighted by Crippen LogP contribution is 2.16. The summed E-state index contributed by atoms with van der Waals surface area (Å²) in [7, 11) is 2.02. The first-order valence-electron chi connectivity index (χ1n) is 9.12. The summed E-state index contributed by atoms with van der Waals surface area (Å²) >= 11 is 0. The van der Waals surface area contributed by atoms with E-state index in [0.29, 0.717) is 6.54 Å². The first-order chi connectivity index (χ1) is 13.3. The van der Waals surface area contributed by atoms with E-state index in [1.807, 2.05) is 55.1 Å². The lowest BCUT2D eigenvalue weighted by Gasteiger charge is -2.12. The Morgan fingerprint density at radius 2 is 1.96 bits per heavy atom.